The maximum absolute atomic E-state index is 12.2. The van der Waals surface area contributed by atoms with Crippen molar-refractivity contribution in [1.82, 2.24) is 0 Å². The molecular formula is C15H15BrN2O2S. The topological polar surface area (TPSA) is 63.4 Å². The van der Waals surface area contributed by atoms with Crippen molar-refractivity contribution < 1.29 is 9.00 Å². The van der Waals surface area contributed by atoms with Crippen molar-refractivity contribution >= 4 is 44.0 Å². The summed E-state index contributed by atoms with van der Waals surface area (Å²) < 4.78 is 13.1. The van der Waals surface area contributed by atoms with Crippen LogP contribution in [0, 0.1) is 0 Å². The zero-order valence-corrected chi connectivity index (χ0v) is 13.9. The molecule has 0 aliphatic carbocycles. The van der Waals surface area contributed by atoms with E-state index in [-0.39, 0.29) is 11.7 Å². The van der Waals surface area contributed by atoms with Gasteiger partial charge in [-0.1, -0.05) is 22.0 Å². The molecule has 1 unspecified atom stereocenters. The van der Waals surface area contributed by atoms with Crippen molar-refractivity contribution in [3.63, 3.8) is 0 Å². The lowest BCUT2D eigenvalue weighted by Gasteiger charge is -2.17. The molecule has 0 bridgehead atoms. The number of nitrogens with two attached hydrogens (primary N) is 1. The van der Waals surface area contributed by atoms with Crippen LogP contribution in [0.15, 0.2) is 57.9 Å². The zero-order valence-electron chi connectivity index (χ0n) is 11.5. The normalized spacial score (nSPS) is 11.9. The zero-order chi connectivity index (χ0) is 15.4. The summed E-state index contributed by atoms with van der Waals surface area (Å²) in [7, 11) is 0.290. The van der Waals surface area contributed by atoms with Gasteiger partial charge in [0.1, 0.15) is 5.75 Å². The van der Waals surface area contributed by atoms with Crippen LogP contribution < -0.4 is 10.6 Å². The molecule has 1 atom stereocenters. The largest absolute Gasteiger partial charge is 0.399 e. The molecule has 0 saturated heterocycles. The third-order valence-corrected chi connectivity index (χ3v) is 4.75. The lowest BCUT2D eigenvalue weighted by atomic mass is 10.2. The molecule has 0 fully saturated rings. The van der Waals surface area contributed by atoms with Gasteiger partial charge in [0, 0.05) is 27.8 Å². The van der Waals surface area contributed by atoms with Gasteiger partial charge in [0.05, 0.1) is 10.8 Å². The molecule has 1 amide bonds. The minimum Gasteiger partial charge on any atom is -0.399 e. The molecule has 0 aromatic heterocycles. The van der Waals surface area contributed by atoms with E-state index in [9.17, 15) is 9.00 Å². The Hall–Kier alpha value is -1.66. The van der Waals surface area contributed by atoms with E-state index in [0.29, 0.717) is 10.6 Å². The molecule has 0 spiro atoms. The number of rotatable bonds is 4. The summed E-state index contributed by atoms with van der Waals surface area (Å²) in [6, 6.07) is 14.1. The molecule has 0 aliphatic rings. The van der Waals surface area contributed by atoms with Crippen LogP contribution in [0.2, 0.25) is 0 Å². The van der Waals surface area contributed by atoms with E-state index in [2.05, 4.69) is 15.9 Å². The molecule has 2 rings (SSSR count). The van der Waals surface area contributed by atoms with Crippen molar-refractivity contribution in [2.45, 2.75) is 4.90 Å². The molecule has 6 heteroatoms. The second-order valence-electron chi connectivity index (χ2n) is 4.49. The van der Waals surface area contributed by atoms with Gasteiger partial charge in [0.15, 0.2) is 0 Å². The Bertz CT molecular complexity index is 674. The first-order valence-corrected chi connectivity index (χ1v) is 8.34. The fourth-order valence-electron chi connectivity index (χ4n) is 1.74. The summed E-state index contributed by atoms with van der Waals surface area (Å²) in [5.74, 6) is -0.268. The number of nitrogens with zero attached hydrogens (tertiary/aromatic N) is 1. The third-order valence-electron chi connectivity index (χ3n) is 2.97. The van der Waals surface area contributed by atoms with Crippen molar-refractivity contribution in [3.8, 4) is 0 Å². The average Bonchev–Trinajstić information content (AvgIpc) is 2.47. The van der Waals surface area contributed by atoms with E-state index in [1.54, 1.807) is 49.5 Å². The highest BCUT2D eigenvalue weighted by molar-refractivity contribution is 9.10. The monoisotopic (exact) mass is 366 g/mol. The van der Waals surface area contributed by atoms with E-state index in [1.807, 2.05) is 6.07 Å². The highest BCUT2D eigenvalue weighted by atomic mass is 79.9. The van der Waals surface area contributed by atoms with Crippen LogP contribution in [-0.4, -0.2) is 22.9 Å². The number of nitrogen functional groups attached to an aromatic ring is 1. The number of halogens is 1. The van der Waals surface area contributed by atoms with Crippen molar-refractivity contribution in [1.29, 1.82) is 0 Å². The number of hydrogen-bond acceptors (Lipinski definition) is 3. The van der Waals surface area contributed by atoms with Crippen molar-refractivity contribution in [2.24, 2.45) is 0 Å². The van der Waals surface area contributed by atoms with E-state index < -0.39 is 10.8 Å². The fraction of sp³-hybridized carbons (Fsp3) is 0.133. The third kappa shape index (κ3) is 4.15. The summed E-state index contributed by atoms with van der Waals surface area (Å²) in [4.78, 5) is 14.3. The number of carbonyl (C=O) groups excluding carboxylic acids is 1. The molecule has 4 nitrogen and oxygen atoms in total. The second kappa shape index (κ2) is 6.87. The smallest absolute Gasteiger partial charge is 0.239 e. The highest BCUT2D eigenvalue weighted by Gasteiger charge is 2.15. The number of hydrogen-bond donors (Lipinski definition) is 1. The summed E-state index contributed by atoms with van der Waals surface area (Å²) in [5, 5.41) is 0. The Kier molecular flexibility index (Phi) is 5.14. The predicted molar refractivity (Wildman–Crippen MR) is 89.7 cm³/mol. The number of benzene rings is 2. The van der Waals surface area contributed by atoms with Gasteiger partial charge in [-0.15, -0.1) is 0 Å². The quantitative estimate of drug-likeness (QED) is 0.846. The summed E-state index contributed by atoms with van der Waals surface area (Å²) in [6.07, 6.45) is 0. The lowest BCUT2D eigenvalue weighted by Crippen LogP contribution is -2.30. The lowest BCUT2D eigenvalue weighted by molar-refractivity contribution is -0.115. The predicted octanol–water partition coefficient (Wildman–Crippen LogP) is 2.80. The maximum atomic E-state index is 12.2. The molecule has 0 heterocycles. The standard InChI is InChI=1S/C15H15BrN2O2S/c1-18(13-7-5-12(17)6-8-13)15(19)10-21(20)14-4-2-3-11(16)9-14/h2-9H,10,17H2,1H3. The van der Waals surface area contributed by atoms with Gasteiger partial charge in [-0.2, -0.15) is 0 Å². The van der Waals surface area contributed by atoms with Gasteiger partial charge < -0.3 is 10.6 Å². The van der Waals surface area contributed by atoms with Crippen molar-refractivity contribution in [2.75, 3.05) is 23.4 Å². The fourth-order valence-corrected chi connectivity index (χ4v) is 3.37. The van der Waals surface area contributed by atoms with Crippen LogP contribution in [0.4, 0.5) is 11.4 Å². The molecule has 0 aliphatic heterocycles. The van der Waals surface area contributed by atoms with Gasteiger partial charge in [-0.3, -0.25) is 9.00 Å². The molecule has 2 aromatic rings. The summed E-state index contributed by atoms with van der Waals surface area (Å²) >= 11 is 3.33. The Labute approximate surface area is 134 Å². The number of amides is 1. The minimum atomic E-state index is -1.37. The summed E-state index contributed by atoms with van der Waals surface area (Å²) in [5.41, 5.74) is 6.98. The van der Waals surface area contributed by atoms with Crippen LogP contribution in [-0.2, 0) is 15.6 Å². The van der Waals surface area contributed by atoms with Crippen LogP contribution >= 0.6 is 15.9 Å². The second-order valence-corrected chi connectivity index (χ2v) is 6.86. The van der Waals surface area contributed by atoms with Gasteiger partial charge in [-0.05, 0) is 42.5 Å². The highest BCUT2D eigenvalue weighted by Crippen LogP contribution is 2.17. The SMILES string of the molecule is CN(C(=O)CS(=O)c1cccc(Br)c1)c1ccc(N)cc1. The maximum Gasteiger partial charge on any atom is 0.239 e. The first-order valence-electron chi connectivity index (χ1n) is 6.23. The molecule has 2 aromatic carbocycles. The van der Waals surface area contributed by atoms with Crippen LogP contribution in [0.5, 0.6) is 0 Å². The molecule has 0 radical (unpaired) electrons. The summed E-state index contributed by atoms with van der Waals surface area (Å²) in [6.45, 7) is 0. The molecule has 110 valence electrons. The van der Waals surface area contributed by atoms with Gasteiger partial charge in [0.25, 0.3) is 0 Å². The number of anilines is 2. The Balaban J connectivity index is 2.07. The van der Waals surface area contributed by atoms with Gasteiger partial charge in [0.2, 0.25) is 5.91 Å². The Morgan fingerprint density at radius 2 is 1.90 bits per heavy atom. The van der Waals surface area contributed by atoms with Crippen molar-refractivity contribution in [3.05, 3.63) is 53.0 Å². The molecular weight excluding hydrogens is 352 g/mol. The van der Waals surface area contributed by atoms with Crippen LogP contribution in [0.3, 0.4) is 0 Å². The van der Waals surface area contributed by atoms with Crippen LogP contribution in [0.1, 0.15) is 0 Å². The number of carbonyl (C=O) groups is 1. The van der Waals surface area contributed by atoms with E-state index in [1.165, 1.54) is 4.90 Å². The Morgan fingerprint density at radius 1 is 1.24 bits per heavy atom. The van der Waals surface area contributed by atoms with E-state index in [4.69, 9.17) is 5.73 Å². The van der Waals surface area contributed by atoms with Gasteiger partial charge >= 0.3 is 0 Å². The molecule has 21 heavy (non-hydrogen) atoms. The first kappa shape index (κ1) is 15.7. The van der Waals surface area contributed by atoms with E-state index in [0.717, 1.165) is 10.2 Å². The first-order chi connectivity index (χ1) is 9.97. The van der Waals surface area contributed by atoms with Crippen LogP contribution in [0.25, 0.3) is 0 Å². The van der Waals surface area contributed by atoms with Gasteiger partial charge in [-0.25, -0.2) is 0 Å². The average molecular weight is 367 g/mol. The Morgan fingerprint density at radius 3 is 2.52 bits per heavy atom. The molecule has 2 N–H and O–H groups in total. The minimum absolute atomic E-state index is 0.0582. The molecule has 0 saturated carbocycles. The van der Waals surface area contributed by atoms with E-state index >= 15 is 0 Å².